The second-order valence-electron chi connectivity index (χ2n) is 7.31. The smallest absolute Gasteiger partial charge is 0.226 e. The quantitative estimate of drug-likeness (QED) is 0.760. The summed E-state index contributed by atoms with van der Waals surface area (Å²) in [6.07, 6.45) is 6.57. The first-order valence-corrected chi connectivity index (χ1v) is 10.3. The van der Waals surface area contributed by atoms with Crippen molar-refractivity contribution in [1.82, 2.24) is 9.58 Å². The molecule has 1 amide bonds. The third-order valence-electron chi connectivity index (χ3n) is 6.01. The number of halogens is 1. The van der Waals surface area contributed by atoms with Crippen LogP contribution in [0.1, 0.15) is 55.8 Å². The summed E-state index contributed by atoms with van der Waals surface area (Å²) in [6, 6.07) is 5.06. The number of carbonyl (C=O) groups excluding carboxylic acids is 1. The first-order valence-electron chi connectivity index (χ1n) is 9.49. The van der Waals surface area contributed by atoms with Crippen molar-refractivity contribution in [3.63, 3.8) is 0 Å². The second-order valence-corrected chi connectivity index (χ2v) is 8.22. The van der Waals surface area contributed by atoms with Gasteiger partial charge >= 0.3 is 0 Å². The van der Waals surface area contributed by atoms with Gasteiger partial charge in [-0.1, -0.05) is 29.8 Å². The fourth-order valence-electron chi connectivity index (χ4n) is 5.16. The van der Waals surface area contributed by atoms with Crippen molar-refractivity contribution in [1.29, 1.82) is 0 Å². The molecule has 4 nitrogen and oxygen atoms in total. The number of hydrogen-bond acceptors (Lipinski definition) is 2. The summed E-state index contributed by atoms with van der Waals surface area (Å²) in [4.78, 5) is 13.9. The molecule has 134 valence electrons. The summed E-state index contributed by atoms with van der Waals surface area (Å²) in [7, 11) is 0. The van der Waals surface area contributed by atoms with Gasteiger partial charge in [0.25, 0.3) is 0 Å². The molecule has 0 spiro atoms. The highest BCUT2D eigenvalue weighted by atomic mass is 79.9. The van der Waals surface area contributed by atoms with E-state index < -0.39 is 0 Å². The fourth-order valence-corrected chi connectivity index (χ4v) is 5.63. The van der Waals surface area contributed by atoms with E-state index in [4.69, 9.17) is 0 Å². The van der Waals surface area contributed by atoms with E-state index in [9.17, 15) is 4.79 Å². The molecule has 0 unspecified atom stereocenters. The SMILES string of the molecule is CCCN1CCC[C@@H]2c3cc(Br)cc4c3c(c(CC)n4NC=O)C[C@H]21. The standard InChI is InChI=1S/C20H26BrN3O/c1-3-7-23-8-5-6-14-15-9-13(21)10-19-20(15)16(11-18(14)23)17(4-2)24(19)22-12-25/h9-10,12,14,18H,3-8,11H2,1-2H3,(H,22,25)/t14-,18-/m1/s1. The molecule has 1 aliphatic heterocycles. The van der Waals surface area contributed by atoms with Gasteiger partial charge in [0.1, 0.15) is 0 Å². The average Bonchev–Trinajstić information content (AvgIpc) is 2.90. The highest BCUT2D eigenvalue weighted by Gasteiger charge is 2.39. The Labute approximate surface area is 157 Å². The number of amides is 1. The molecule has 4 rings (SSSR count). The summed E-state index contributed by atoms with van der Waals surface area (Å²) in [6.45, 7) is 6.86. The molecule has 1 aromatic heterocycles. The molecule has 2 atom stereocenters. The van der Waals surface area contributed by atoms with Gasteiger partial charge in [-0.2, -0.15) is 0 Å². The van der Waals surface area contributed by atoms with Gasteiger partial charge in [-0.3, -0.25) is 19.8 Å². The van der Waals surface area contributed by atoms with Crippen LogP contribution in [0, 0.1) is 0 Å². The zero-order valence-electron chi connectivity index (χ0n) is 15.0. The van der Waals surface area contributed by atoms with Gasteiger partial charge in [0, 0.05) is 27.5 Å². The number of nitrogens with zero attached hydrogens (tertiary/aromatic N) is 2. The van der Waals surface area contributed by atoms with Crippen molar-refractivity contribution in [2.24, 2.45) is 0 Å². The lowest BCUT2D eigenvalue weighted by molar-refractivity contribution is -0.106. The van der Waals surface area contributed by atoms with Crippen molar-refractivity contribution in [2.75, 3.05) is 18.5 Å². The van der Waals surface area contributed by atoms with Crippen molar-refractivity contribution < 1.29 is 4.79 Å². The van der Waals surface area contributed by atoms with Gasteiger partial charge < -0.3 is 0 Å². The number of hydrogen-bond donors (Lipinski definition) is 1. The molecular weight excluding hydrogens is 378 g/mol. The number of nitrogens with one attached hydrogen (secondary N) is 1. The van der Waals surface area contributed by atoms with Gasteiger partial charge in [-0.05, 0) is 68.5 Å². The van der Waals surface area contributed by atoms with E-state index in [1.165, 1.54) is 54.6 Å². The van der Waals surface area contributed by atoms with Crippen LogP contribution >= 0.6 is 15.9 Å². The van der Waals surface area contributed by atoms with E-state index in [0.29, 0.717) is 12.0 Å². The molecular formula is C20H26BrN3O. The molecule has 5 heteroatoms. The maximum absolute atomic E-state index is 11.2. The summed E-state index contributed by atoms with van der Waals surface area (Å²) in [5.74, 6) is 0.601. The van der Waals surface area contributed by atoms with Crippen molar-refractivity contribution in [3.05, 3.63) is 33.4 Å². The van der Waals surface area contributed by atoms with Gasteiger partial charge in [-0.15, -0.1) is 0 Å². The molecule has 1 aromatic carbocycles. The number of fused-ring (bicyclic) bond motifs is 2. The molecule has 0 saturated carbocycles. The largest absolute Gasteiger partial charge is 0.299 e. The maximum Gasteiger partial charge on any atom is 0.226 e. The van der Waals surface area contributed by atoms with Crippen molar-refractivity contribution >= 4 is 33.2 Å². The van der Waals surface area contributed by atoms with E-state index in [-0.39, 0.29) is 0 Å². The number of carbonyl (C=O) groups is 1. The molecule has 1 fully saturated rings. The lowest BCUT2D eigenvalue weighted by Crippen LogP contribution is -2.47. The molecule has 2 aromatic rings. The monoisotopic (exact) mass is 403 g/mol. The number of rotatable bonds is 5. The van der Waals surface area contributed by atoms with Crippen LogP contribution in [0.4, 0.5) is 0 Å². The van der Waals surface area contributed by atoms with E-state index >= 15 is 0 Å². The third kappa shape index (κ3) is 2.63. The Kier molecular flexibility index (Phi) is 4.63. The lowest BCUT2D eigenvalue weighted by atomic mass is 9.74. The number of likely N-dealkylation sites (tertiary alicyclic amines) is 1. The molecule has 1 N–H and O–H groups in total. The van der Waals surface area contributed by atoms with Crippen LogP contribution in [0.25, 0.3) is 10.9 Å². The maximum atomic E-state index is 11.2. The highest BCUT2D eigenvalue weighted by molar-refractivity contribution is 9.10. The zero-order valence-corrected chi connectivity index (χ0v) is 16.6. The number of benzene rings is 1. The summed E-state index contributed by atoms with van der Waals surface area (Å²) >= 11 is 3.71. The Balaban J connectivity index is 1.94. The minimum Gasteiger partial charge on any atom is -0.299 e. The van der Waals surface area contributed by atoms with Crippen LogP contribution in [0.15, 0.2) is 16.6 Å². The minimum atomic E-state index is 0.594. The molecule has 1 aliphatic carbocycles. The van der Waals surface area contributed by atoms with Gasteiger partial charge in [0.05, 0.1) is 5.52 Å². The number of piperidine rings is 1. The molecule has 2 heterocycles. The summed E-state index contributed by atoms with van der Waals surface area (Å²) in [5.41, 5.74) is 8.22. The first-order chi connectivity index (χ1) is 12.2. The minimum absolute atomic E-state index is 0.594. The van der Waals surface area contributed by atoms with Crippen LogP contribution in [-0.4, -0.2) is 35.1 Å². The Morgan fingerprint density at radius 2 is 2.20 bits per heavy atom. The van der Waals surface area contributed by atoms with Gasteiger partial charge in [-0.25, -0.2) is 0 Å². The zero-order chi connectivity index (χ0) is 17.6. The Bertz CT molecular complexity index is 811. The van der Waals surface area contributed by atoms with Crippen molar-refractivity contribution in [3.8, 4) is 0 Å². The first kappa shape index (κ1) is 17.1. The van der Waals surface area contributed by atoms with Crippen LogP contribution in [0.2, 0.25) is 0 Å². The second kappa shape index (κ2) is 6.76. The molecule has 1 saturated heterocycles. The fraction of sp³-hybridized carbons (Fsp3) is 0.550. The molecule has 0 radical (unpaired) electrons. The third-order valence-corrected chi connectivity index (χ3v) is 6.47. The van der Waals surface area contributed by atoms with Gasteiger partial charge in [0.2, 0.25) is 6.41 Å². The van der Waals surface area contributed by atoms with Gasteiger partial charge in [0.15, 0.2) is 0 Å². The van der Waals surface area contributed by atoms with Crippen LogP contribution in [-0.2, 0) is 17.6 Å². The number of aromatic nitrogens is 1. The Hall–Kier alpha value is -1.33. The summed E-state index contributed by atoms with van der Waals surface area (Å²) < 4.78 is 3.11. The molecule has 25 heavy (non-hydrogen) atoms. The average molecular weight is 404 g/mol. The lowest BCUT2D eigenvalue weighted by Gasteiger charge is -2.44. The molecule has 0 bridgehead atoms. The summed E-state index contributed by atoms with van der Waals surface area (Å²) in [5, 5.41) is 1.38. The predicted octanol–water partition coefficient (Wildman–Crippen LogP) is 4.18. The van der Waals surface area contributed by atoms with E-state index in [1.54, 1.807) is 0 Å². The topological polar surface area (TPSA) is 37.3 Å². The van der Waals surface area contributed by atoms with Crippen LogP contribution < -0.4 is 5.43 Å². The Morgan fingerprint density at radius 1 is 1.36 bits per heavy atom. The Morgan fingerprint density at radius 3 is 2.92 bits per heavy atom. The highest BCUT2D eigenvalue weighted by Crippen LogP contribution is 2.46. The van der Waals surface area contributed by atoms with E-state index in [1.807, 2.05) is 4.68 Å². The van der Waals surface area contributed by atoms with Crippen LogP contribution in [0.5, 0.6) is 0 Å². The predicted molar refractivity (Wildman–Crippen MR) is 106 cm³/mol. The molecule has 2 aliphatic rings. The van der Waals surface area contributed by atoms with Crippen molar-refractivity contribution in [2.45, 2.75) is 57.9 Å². The van der Waals surface area contributed by atoms with E-state index in [0.717, 1.165) is 29.2 Å². The van der Waals surface area contributed by atoms with E-state index in [2.05, 4.69) is 52.2 Å². The normalized spacial score (nSPS) is 22.8. The van der Waals surface area contributed by atoms with Crippen LogP contribution in [0.3, 0.4) is 0 Å².